The van der Waals surface area contributed by atoms with Gasteiger partial charge in [0.2, 0.25) is 0 Å². The van der Waals surface area contributed by atoms with E-state index in [4.69, 9.17) is 10.5 Å². The lowest BCUT2D eigenvalue weighted by molar-refractivity contribution is 0.482. The third kappa shape index (κ3) is 2.30. The highest BCUT2D eigenvalue weighted by Gasteiger charge is 2.07. The van der Waals surface area contributed by atoms with Crippen molar-refractivity contribution < 1.29 is 4.74 Å². The third-order valence-electron chi connectivity index (χ3n) is 3.30. The Labute approximate surface area is 118 Å². The van der Waals surface area contributed by atoms with Crippen LogP contribution in [0.1, 0.15) is 12.5 Å². The molecule has 0 bridgehead atoms. The lowest BCUT2D eigenvalue weighted by Crippen LogP contribution is -1.92. The van der Waals surface area contributed by atoms with Crippen molar-refractivity contribution in [2.45, 2.75) is 13.3 Å². The monoisotopic (exact) mass is 264 g/mol. The molecule has 0 spiro atoms. The minimum Gasteiger partial charge on any atom is -0.456 e. The molecule has 0 aliphatic rings. The molecule has 2 N–H and O–H groups in total. The molecule has 0 saturated carbocycles. The molecule has 0 saturated heterocycles. The summed E-state index contributed by atoms with van der Waals surface area (Å²) in [6.07, 6.45) is 2.68. The van der Waals surface area contributed by atoms with E-state index in [9.17, 15) is 0 Å². The average Bonchev–Trinajstić information content (AvgIpc) is 2.47. The van der Waals surface area contributed by atoms with E-state index < -0.39 is 0 Å². The van der Waals surface area contributed by atoms with E-state index in [1.807, 2.05) is 42.5 Å². The topological polar surface area (TPSA) is 48.1 Å². The number of hydrogen-bond donors (Lipinski definition) is 1. The van der Waals surface area contributed by atoms with Gasteiger partial charge in [0.05, 0.1) is 5.52 Å². The van der Waals surface area contributed by atoms with Crippen LogP contribution < -0.4 is 10.5 Å². The van der Waals surface area contributed by atoms with Crippen LogP contribution in [0.5, 0.6) is 11.5 Å². The molecule has 3 aromatic rings. The van der Waals surface area contributed by atoms with Crippen molar-refractivity contribution in [3.05, 3.63) is 60.3 Å². The summed E-state index contributed by atoms with van der Waals surface area (Å²) in [6.45, 7) is 2.12. The van der Waals surface area contributed by atoms with Gasteiger partial charge < -0.3 is 10.5 Å². The third-order valence-corrected chi connectivity index (χ3v) is 3.30. The molecular formula is C17H16N2O. The van der Waals surface area contributed by atoms with Gasteiger partial charge in [0, 0.05) is 17.3 Å². The smallest absolute Gasteiger partial charge is 0.138 e. The van der Waals surface area contributed by atoms with Crippen molar-refractivity contribution >= 4 is 16.6 Å². The fourth-order valence-corrected chi connectivity index (χ4v) is 2.24. The van der Waals surface area contributed by atoms with E-state index in [0.29, 0.717) is 5.69 Å². The summed E-state index contributed by atoms with van der Waals surface area (Å²) in [6, 6.07) is 15.6. The number of ether oxygens (including phenoxy) is 1. The normalized spacial score (nSPS) is 10.7. The zero-order chi connectivity index (χ0) is 13.9. The first-order valence-electron chi connectivity index (χ1n) is 6.68. The lowest BCUT2D eigenvalue weighted by atomic mass is 10.1. The zero-order valence-electron chi connectivity index (χ0n) is 11.3. The fourth-order valence-electron chi connectivity index (χ4n) is 2.24. The van der Waals surface area contributed by atoms with Crippen molar-refractivity contribution in [3.8, 4) is 11.5 Å². The number of pyridine rings is 1. The van der Waals surface area contributed by atoms with Crippen molar-refractivity contribution in [1.82, 2.24) is 4.98 Å². The molecule has 0 amide bonds. The largest absolute Gasteiger partial charge is 0.456 e. The van der Waals surface area contributed by atoms with Gasteiger partial charge in [-0.3, -0.25) is 4.98 Å². The Morgan fingerprint density at radius 1 is 1.05 bits per heavy atom. The summed E-state index contributed by atoms with van der Waals surface area (Å²) in [4.78, 5) is 4.33. The van der Waals surface area contributed by atoms with Crippen LogP contribution in [0.15, 0.2) is 54.7 Å². The van der Waals surface area contributed by atoms with Gasteiger partial charge in [-0.25, -0.2) is 0 Å². The number of nitrogen functional groups attached to an aromatic ring is 1. The van der Waals surface area contributed by atoms with Crippen LogP contribution in [0.25, 0.3) is 10.9 Å². The van der Waals surface area contributed by atoms with Gasteiger partial charge in [-0.05, 0) is 42.3 Å². The Balaban J connectivity index is 2.07. The highest BCUT2D eigenvalue weighted by molar-refractivity contribution is 5.87. The van der Waals surface area contributed by atoms with Crippen LogP contribution >= 0.6 is 0 Å². The molecule has 0 aliphatic heterocycles. The zero-order valence-corrected chi connectivity index (χ0v) is 11.3. The molecule has 0 aliphatic carbocycles. The molecule has 3 heteroatoms. The molecule has 0 atom stereocenters. The van der Waals surface area contributed by atoms with E-state index in [1.165, 1.54) is 5.56 Å². The summed E-state index contributed by atoms with van der Waals surface area (Å²) < 4.78 is 6.07. The van der Waals surface area contributed by atoms with Crippen LogP contribution in [0.4, 0.5) is 5.69 Å². The van der Waals surface area contributed by atoms with Crippen molar-refractivity contribution in [3.63, 3.8) is 0 Å². The van der Waals surface area contributed by atoms with Gasteiger partial charge >= 0.3 is 0 Å². The number of aryl methyl sites for hydroxylation is 1. The predicted octanol–water partition coefficient (Wildman–Crippen LogP) is 4.17. The average molecular weight is 264 g/mol. The molecule has 1 aromatic heterocycles. The highest BCUT2D eigenvalue weighted by Crippen LogP contribution is 2.31. The van der Waals surface area contributed by atoms with Crippen LogP contribution in [-0.2, 0) is 6.42 Å². The van der Waals surface area contributed by atoms with Crippen LogP contribution in [0.3, 0.4) is 0 Å². The number of nitrogens with zero attached hydrogens (tertiary/aromatic N) is 1. The molecule has 2 aromatic carbocycles. The molecule has 0 unspecified atom stereocenters. The number of hydrogen-bond acceptors (Lipinski definition) is 3. The van der Waals surface area contributed by atoms with E-state index in [2.05, 4.69) is 18.0 Å². The summed E-state index contributed by atoms with van der Waals surface area (Å²) in [7, 11) is 0. The number of rotatable bonds is 3. The quantitative estimate of drug-likeness (QED) is 0.722. The Morgan fingerprint density at radius 2 is 1.90 bits per heavy atom. The first-order valence-corrected chi connectivity index (χ1v) is 6.68. The Bertz CT molecular complexity index is 753. The van der Waals surface area contributed by atoms with Gasteiger partial charge in [0.1, 0.15) is 11.5 Å². The van der Waals surface area contributed by atoms with E-state index in [-0.39, 0.29) is 0 Å². The highest BCUT2D eigenvalue weighted by atomic mass is 16.5. The molecule has 3 rings (SSSR count). The van der Waals surface area contributed by atoms with Crippen molar-refractivity contribution in [1.29, 1.82) is 0 Å². The van der Waals surface area contributed by atoms with Crippen LogP contribution in [-0.4, -0.2) is 4.98 Å². The molecular weight excluding hydrogens is 248 g/mol. The van der Waals surface area contributed by atoms with Crippen molar-refractivity contribution in [2.75, 3.05) is 5.73 Å². The fraction of sp³-hybridized carbons (Fsp3) is 0.118. The molecule has 1 heterocycles. The second-order valence-electron chi connectivity index (χ2n) is 4.65. The maximum absolute atomic E-state index is 6.07. The van der Waals surface area contributed by atoms with Gasteiger partial charge in [-0.2, -0.15) is 0 Å². The lowest BCUT2D eigenvalue weighted by Gasteiger charge is -2.11. The summed E-state index contributed by atoms with van der Waals surface area (Å²) in [5, 5.41) is 0.965. The SMILES string of the molecule is CCc1ccccc1Oc1ccnc2cc(N)ccc12. The molecule has 0 fully saturated rings. The van der Waals surface area contributed by atoms with Crippen LogP contribution in [0, 0.1) is 0 Å². The number of para-hydroxylation sites is 1. The van der Waals surface area contributed by atoms with Crippen molar-refractivity contribution in [2.24, 2.45) is 0 Å². The standard InChI is InChI=1S/C17H16N2O/c1-2-12-5-3-4-6-16(12)20-17-9-10-19-15-11-13(18)7-8-14(15)17/h3-11H,2,18H2,1H3. The molecule has 0 radical (unpaired) electrons. The molecule has 3 nitrogen and oxygen atoms in total. The second-order valence-corrected chi connectivity index (χ2v) is 4.65. The predicted molar refractivity (Wildman–Crippen MR) is 82.0 cm³/mol. The summed E-state index contributed by atoms with van der Waals surface area (Å²) in [5.74, 6) is 1.69. The number of anilines is 1. The van der Waals surface area contributed by atoms with Gasteiger partial charge in [-0.15, -0.1) is 0 Å². The Morgan fingerprint density at radius 3 is 2.75 bits per heavy atom. The summed E-state index contributed by atoms with van der Waals surface area (Å²) in [5.41, 5.74) is 8.53. The van der Waals surface area contributed by atoms with E-state index in [1.54, 1.807) is 6.20 Å². The van der Waals surface area contributed by atoms with E-state index >= 15 is 0 Å². The summed E-state index contributed by atoms with van der Waals surface area (Å²) >= 11 is 0. The minimum atomic E-state index is 0.705. The maximum Gasteiger partial charge on any atom is 0.138 e. The first-order chi connectivity index (χ1) is 9.78. The maximum atomic E-state index is 6.07. The second kappa shape index (κ2) is 5.21. The number of fused-ring (bicyclic) bond motifs is 1. The van der Waals surface area contributed by atoms with Gasteiger partial charge in [-0.1, -0.05) is 25.1 Å². The molecule has 100 valence electrons. The first kappa shape index (κ1) is 12.5. The number of benzene rings is 2. The van der Waals surface area contributed by atoms with Crippen LogP contribution in [0.2, 0.25) is 0 Å². The van der Waals surface area contributed by atoms with E-state index in [0.717, 1.165) is 28.8 Å². The Hall–Kier alpha value is -2.55. The van der Waals surface area contributed by atoms with Gasteiger partial charge in [0.25, 0.3) is 0 Å². The van der Waals surface area contributed by atoms with Gasteiger partial charge in [0.15, 0.2) is 0 Å². The number of nitrogens with two attached hydrogens (primary N) is 1. The Kier molecular flexibility index (Phi) is 3.25. The molecule has 20 heavy (non-hydrogen) atoms. The minimum absolute atomic E-state index is 0.705. The number of aromatic nitrogens is 1.